The van der Waals surface area contributed by atoms with Crippen LogP contribution in [-0.2, 0) is 10.0 Å². The molecule has 2 aromatic rings. The van der Waals surface area contributed by atoms with E-state index in [1.165, 1.54) is 12.8 Å². The van der Waals surface area contributed by atoms with E-state index in [-0.39, 0.29) is 4.90 Å². The molecule has 28 heavy (non-hydrogen) atoms. The average Bonchev–Trinajstić information content (AvgIpc) is 2.74. The second-order valence-electron chi connectivity index (χ2n) is 6.58. The number of methoxy groups -OCH3 is 2. The standard InChI is InChI=1S/C20H27N3O4S/c1-26-18-9-7-17(8-10-18)23-15-13-22(14-16-23)12-11-21-28(24,25)20-6-4-3-5-19(20)27-2/h3-10,21H,11-16H2,1-2H3. The predicted molar refractivity (Wildman–Crippen MR) is 110 cm³/mol. The number of anilines is 1. The first-order chi connectivity index (χ1) is 13.5. The number of benzene rings is 2. The Bertz CT molecular complexity index is 863. The van der Waals surface area contributed by atoms with Crippen molar-refractivity contribution >= 4 is 15.7 Å². The van der Waals surface area contributed by atoms with Crippen molar-refractivity contribution in [2.24, 2.45) is 0 Å². The first-order valence-electron chi connectivity index (χ1n) is 9.27. The molecular weight excluding hydrogens is 378 g/mol. The summed E-state index contributed by atoms with van der Waals surface area (Å²) in [6.07, 6.45) is 0. The molecule has 0 radical (unpaired) electrons. The lowest BCUT2D eigenvalue weighted by atomic mass is 10.2. The van der Waals surface area contributed by atoms with Crippen molar-refractivity contribution in [2.75, 3.05) is 58.4 Å². The van der Waals surface area contributed by atoms with Gasteiger partial charge in [0.2, 0.25) is 10.0 Å². The average molecular weight is 406 g/mol. The van der Waals surface area contributed by atoms with Gasteiger partial charge >= 0.3 is 0 Å². The van der Waals surface area contributed by atoms with E-state index in [4.69, 9.17) is 9.47 Å². The normalized spacial score (nSPS) is 15.4. The lowest BCUT2D eigenvalue weighted by Crippen LogP contribution is -2.48. The van der Waals surface area contributed by atoms with E-state index in [1.807, 2.05) is 12.1 Å². The van der Waals surface area contributed by atoms with E-state index in [9.17, 15) is 8.42 Å². The molecule has 0 amide bonds. The van der Waals surface area contributed by atoms with Crippen molar-refractivity contribution in [3.05, 3.63) is 48.5 Å². The van der Waals surface area contributed by atoms with Crippen LogP contribution in [0.4, 0.5) is 5.69 Å². The van der Waals surface area contributed by atoms with Crippen molar-refractivity contribution in [2.45, 2.75) is 4.90 Å². The fraction of sp³-hybridized carbons (Fsp3) is 0.400. The highest BCUT2D eigenvalue weighted by Gasteiger charge is 2.20. The van der Waals surface area contributed by atoms with E-state index >= 15 is 0 Å². The van der Waals surface area contributed by atoms with E-state index in [1.54, 1.807) is 31.4 Å². The van der Waals surface area contributed by atoms with Crippen LogP contribution in [0.3, 0.4) is 0 Å². The van der Waals surface area contributed by atoms with Crippen molar-refractivity contribution < 1.29 is 17.9 Å². The molecule has 1 aliphatic rings. The molecule has 1 fully saturated rings. The third-order valence-corrected chi connectivity index (χ3v) is 6.39. The Kier molecular flexibility index (Phi) is 6.77. The molecule has 0 unspecified atom stereocenters. The monoisotopic (exact) mass is 405 g/mol. The zero-order chi connectivity index (χ0) is 20.0. The van der Waals surface area contributed by atoms with Crippen LogP contribution in [0, 0.1) is 0 Å². The van der Waals surface area contributed by atoms with Gasteiger partial charge in [-0.2, -0.15) is 0 Å². The molecule has 7 nitrogen and oxygen atoms in total. The minimum atomic E-state index is -3.59. The summed E-state index contributed by atoms with van der Waals surface area (Å²) in [5.74, 6) is 1.20. The van der Waals surface area contributed by atoms with Crippen LogP contribution in [0.5, 0.6) is 11.5 Å². The molecule has 0 aromatic heterocycles. The zero-order valence-electron chi connectivity index (χ0n) is 16.3. The Morgan fingerprint density at radius 3 is 2.25 bits per heavy atom. The highest BCUT2D eigenvalue weighted by Crippen LogP contribution is 2.22. The Balaban J connectivity index is 1.47. The smallest absolute Gasteiger partial charge is 0.244 e. The molecule has 1 aliphatic heterocycles. The van der Waals surface area contributed by atoms with Crippen LogP contribution < -0.4 is 19.1 Å². The van der Waals surface area contributed by atoms with E-state index in [0.29, 0.717) is 18.8 Å². The number of sulfonamides is 1. The number of hydrogen-bond donors (Lipinski definition) is 1. The highest BCUT2D eigenvalue weighted by atomic mass is 32.2. The second kappa shape index (κ2) is 9.27. The highest BCUT2D eigenvalue weighted by molar-refractivity contribution is 7.89. The number of para-hydroxylation sites is 1. The van der Waals surface area contributed by atoms with Gasteiger partial charge in [0.25, 0.3) is 0 Å². The molecule has 2 aromatic carbocycles. The van der Waals surface area contributed by atoms with Gasteiger partial charge in [-0.3, -0.25) is 4.90 Å². The Morgan fingerprint density at radius 2 is 1.61 bits per heavy atom. The van der Waals surface area contributed by atoms with Gasteiger partial charge in [0.05, 0.1) is 14.2 Å². The van der Waals surface area contributed by atoms with Crippen molar-refractivity contribution in [1.29, 1.82) is 0 Å². The predicted octanol–water partition coefficient (Wildman–Crippen LogP) is 1.80. The molecular formula is C20H27N3O4S. The quantitative estimate of drug-likeness (QED) is 0.722. The lowest BCUT2D eigenvalue weighted by molar-refractivity contribution is 0.262. The molecule has 0 saturated carbocycles. The number of piperazine rings is 1. The summed E-state index contributed by atoms with van der Waals surface area (Å²) in [5.41, 5.74) is 1.18. The molecule has 8 heteroatoms. The molecule has 0 bridgehead atoms. The minimum absolute atomic E-state index is 0.168. The van der Waals surface area contributed by atoms with Gasteiger partial charge < -0.3 is 14.4 Å². The van der Waals surface area contributed by atoms with Crippen molar-refractivity contribution in [3.63, 3.8) is 0 Å². The summed E-state index contributed by atoms with van der Waals surface area (Å²) in [6.45, 7) is 4.63. The number of ether oxygens (including phenoxy) is 2. The number of hydrogen-bond acceptors (Lipinski definition) is 6. The van der Waals surface area contributed by atoms with E-state index in [0.717, 1.165) is 31.9 Å². The summed E-state index contributed by atoms with van der Waals surface area (Å²) >= 11 is 0. The topological polar surface area (TPSA) is 71.1 Å². The first-order valence-corrected chi connectivity index (χ1v) is 10.8. The van der Waals surface area contributed by atoms with Crippen LogP contribution >= 0.6 is 0 Å². The van der Waals surface area contributed by atoms with E-state index < -0.39 is 10.0 Å². The zero-order valence-corrected chi connectivity index (χ0v) is 17.1. The molecule has 152 valence electrons. The largest absolute Gasteiger partial charge is 0.497 e. The third kappa shape index (κ3) is 4.95. The third-order valence-electron chi connectivity index (χ3n) is 4.89. The second-order valence-corrected chi connectivity index (χ2v) is 8.31. The number of rotatable bonds is 8. The molecule has 1 saturated heterocycles. The Hall–Kier alpha value is -2.29. The Labute approximate surface area is 166 Å². The van der Waals surface area contributed by atoms with Crippen molar-refractivity contribution in [1.82, 2.24) is 9.62 Å². The molecule has 0 atom stereocenters. The molecule has 1 heterocycles. The lowest BCUT2D eigenvalue weighted by Gasteiger charge is -2.36. The van der Waals surface area contributed by atoms with Crippen LogP contribution in [0.2, 0.25) is 0 Å². The molecule has 0 aliphatic carbocycles. The maximum Gasteiger partial charge on any atom is 0.244 e. The van der Waals surface area contributed by atoms with Gasteiger partial charge in [-0.25, -0.2) is 13.1 Å². The summed E-state index contributed by atoms with van der Waals surface area (Å²) in [4.78, 5) is 4.77. The van der Waals surface area contributed by atoms with Crippen LogP contribution in [-0.4, -0.2) is 66.8 Å². The molecule has 1 N–H and O–H groups in total. The number of nitrogens with one attached hydrogen (secondary N) is 1. The molecule has 0 spiro atoms. The summed E-state index contributed by atoms with van der Waals surface area (Å²) in [5, 5.41) is 0. The molecule has 3 rings (SSSR count). The fourth-order valence-electron chi connectivity index (χ4n) is 3.28. The van der Waals surface area contributed by atoms with Crippen LogP contribution in [0.25, 0.3) is 0 Å². The Morgan fingerprint density at radius 1 is 0.929 bits per heavy atom. The van der Waals surface area contributed by atoms with Gasteiger partial charge in [-0.05, 0) is 36.4 Å². The summed E-state index contributed by atoms with van der Waals surface area (Å²) in [7, 11) is -0.457. The maximum absolute atomic E-state index is 12.5. The van der Waals surface area contributed by atoms with Gasteiger partial charge in [-0.1, -0.05) is 12.1 Å². The van der Waals surface area contributed by atoms with Gasteiger partial charge in [0, 0.05) is 45.0 Å². The van der Waals surface area contributed by atoms with Crippen LogP contribution in [0.15, 0.2) is 53.4 Å². The van der Waals surface area contributed by atoms with Gasteiger partial charge in [0.15, 0.2) is 0 Å². The summed E-state index contributed by atoms with van der Waals surface area (Å²) < 4.78 is 38.1. The van der Waals surface area contributed by atoms with Gasteiger partial charge in [-0.15, -0.1) is 0 Å². The number of nitrogens with zero attached hydrogens (tertiary/aromatic N) is 2. The van der Waals surface area contributed by atoms with Crippen molar-refractivity contribution in [3.8, 4) is 11.5 Å². The van der Waals surface area contributed by atoms with Crippen LogP contribution in [0.1, 0.15) is 0 Å². The SMILES string of the molecule is COc1ccc(N2CCN(CCNS(=O)(=O)c3ccccc3OC)CC2)cc1. The van der Waals surface area contributed by atoms with Gasteiger partial charge in [0.1, 0.15) is 16.4 Å². The first kappa shape index (κ1) is 20.4. The fourth-order valence-corrected chi connectivity index (χ4v) is 4.47. The summed E-state index contributed by atoms with van der Waals surface area (Å²) in [6, 6.07) is 14.7. The van der Waals surface area contributed by atoms with E-state index in [2.05, 4.69) is 26.7 Å². The maximum atomic E-state index is 12.5. The minimum Gasteiger partial charge on any atom is -0.497 e.